The molecule has 0 spiro atoms. The molecule has 1 aromatic carbocycles. The Morgan fingerprint density at radius 1 is 1.25 bits per heavy atom. The van der Waals surface area contributed by atoms with Gasteiger partial charge in [0.15, 0.2) is 0 Å². The molecule has 108 valence electrons. The highest BCUT2D eigenvalue weighted by Crippen LogP contribution is 2.18. The van der Waals surface area contributed by atoms with Gasteiger partial charge in [0.2, 0.25) is 0 Å². The Labute approximate surface area is 121 Å². The van der Waals surface area contributed by atoms with Crippen LogP contribution in [0.4, 0.5) is 5.69 Å². The monoisotopic (exact) mass is 272 g/mol. The summed E-state index contributed by atoms with van der Waals surface area (Å²) >= 11 is 0. The fraction of sp³-hybridized carbons (Fsp3) is 0.438. The van der Waals surface area contributed by atoms with Gasteiger partial charge < -0.3 is 10.2 Å². The van der Waals surface area contributed by atoms with Gasteiger partial charge in [0.05, 0.1) is 6.20 Å². The Hall–Kier alpha value is -1.81. The maximum Gasteiger partial charge on any atom is 0.0537 e. The average Bonchev–Trinajstić information content (AvgIpc) is 2.76. The summed E-state index contributed by atoms with van der Waals surface area (Å²) in [6, 6.07) is 9.00. The number of hydrogen-bond acceptors (Lipinski definition) is 3. The van der Waals surface area contributed by atoms with Crippen molar-refractivity contribution in [2.75, 3.05) is 19.0 Å². The summed E-state index contributed by atoms with van der Waals surface area (Å²) < 4.78 is 1.91. The van der Waals surface area contributed by atoms with E-state index in [1.807, 2.05) is 17.9 Å². The third-order valence-corrected chi connectivity index (χ3v) is 3.85. The van der Waals surface area contributed by atoms with Crippen molar-refractivity contribution in [3.05, 3.63) is 47.3 Å². The number of hydrogen-bond donors (Lipinski definition) is 1. The third-order valence-electron chi connectivity index (χ3n) is 3.85. The van der Waals surface area contributed by atoms with E-state index in [-0.39, 0.29) is 0 Å². The largest absolute Gasteiger partial charge is 0.378 e. The predicted molar refractivity (Wildman–Crippen MR) is 84.0 cm³/mol. The van der Waals surface area contributed by atoms with E-state index in [0.29, 0.717) is 6.04 Å². The van der Waals surface area contributed by atoms with E-state index in [1.165, 1.54) is 22.5 Å². The van der Waals surface area contributed by atoms with Gasteiger partial charge in [-0.15, -0.1) is 0 Å². The highest BCUT2D eigenvalue weighted by atomic mass is 15.3. The molecule has 4 nitrogen and oxygen atoms in total. The highest BCUT2D eigenvalue weighted by Gasteiger charge is 2.08. The van der Waals surface area contributed by atoms with E-state index < -0.39 is 0 Å². The molecule has 1 atom stereocenters. The predicted octanol–water partition coefficient (Wildman–Crippen LogP) is 2.65. The van der Waals surface area contributed by atoms with Crippen molar-refractivity contribution in [1.82, 2.24) is 15.1 Å². The van der Waals surface area contributed by atoms with Gasteiger partial charge in [-0.25, -0.2) is 0 Å². The Morgan fingerprint density at radius 3 is 2.40 bits per heavy atom. The van der Waals surface area contributed by atoms with E-state index in [0.717, 1.165) is 6.54 Å². The lowest BCUT2D eigenvalue weighted by atomic mass is 10.1. The van der Waals surface area contributed by atoms with E-state index in [2.05, 4.69) is 67.5 Å². The number of aromatic nitrogens is 2. The molecule has 0 amide bonds. The molecule has 0 saturated heterocycles. The Morgan fingerprint density at radius 2 is 1.90 bits per heavy atom. The van der Waals surface area contributed by atoms with E-state index in [9.17, 15) is 0 Å². The molecule has 0 aliphatic carbocycles. The molecule has 0 aliphatic rings. The maximum atomic E-state index is 4.27. The zero-order chi connectivity index (χ0) is 14.7. The fourth-order valence-electron chi connectivity index (χ4n) is 2.16. The van der Waals surface area contributed by atoms with Crippen molar-refractivity contribution < 1.29 is 0 Å². The average molecular weight is 272 g/mol. The van der Waals surface area contributed by atoms with Gasteiger partial charge in [-0.05, 0) is 31.5 Å². The van der Waals surface area contributed by atoms with E-state index >= 15 is 0 Å². The minimum atomic E-state index is 0.325. The summed E-state index contributed by atoms with van der Waals surface area (Å²) in [5.41, 5.74) is 5.00. The number of aryl methyl sites for hydroxylation is 1. The van der Waals surface area contributed by atoms with Crippen LogP contribution in [0.5, 0.6) is 0 Å². The molecule has 1 N–H and O–H groups in total. The fourth-order valence-corrected chi connectivity index (χ4v) is 2.16. The quantitative estimate of drug-likeness (QED) is 0.908. The molecule has 20 heavy (non-hydrogen) atoms. The first kappa shape index (κ1) is 14.6. The Kier molecular flexibility index (Phi) is 4.45. The van der Waals surface area contributed by atoms with E-state index in [4.69, 9.17) is 0 Å². The standard InChI is InChI=1S/C16H24N4/c1-12(14-6-8-16(9-7-14)19(3)4)17-10-15-11-18-20(5)13(15)2/h6-9,11-12,17H,10H2,1-5H3. The molecule has 1 heterocycles. The smallest absolute Gasteiger partial charge is 0.0537 e. The molecular formula is C16H24N4. The summed E-state index contributed by atoms with van der Waals surface area (Å²) in [6.07, 6.45) is 1.93. The molecule has 2 aromatic rings. The van der Waals surface area contributed by atoms with Crippen molar-refractivity contribution in [2.24, 2.45) is 7.05 Å². The number of benzene rings is 1. The van der Waals surface area contributed by atoms with Crippen LogP contribution in [0, 0.1) is 6.92 Å². The number of nitrogens with one attached hydrogen (secondary N) is 1. The first-order chi connectivity index (χ1) is 9.49. The topological polar surface area (TPSA) is 33.1 Å². The molecule has 0 fully saturated rings. The molecule has 0 bridgehead atoms. The first-order valence-electron chi connectivity index (χ1n) is 6.97. The highest BCUT2D eigenvalue weighted by molar-refractivity contribution is 5.46. The van der Waals surface area contributed by atoms with Crippen LogP contribution in [0.3, 0.4) is 0 Å². The lowest BCUT2D eigenvalue weighted by Gasteiger charge is -2.17. The second-order valence-electron chi connectivity index (χ2n) is 5.47. The summed E-state index contributed by atoms with van der Waals surface area (Å²) in [4.78, 5) is 2.11. The van der Waals surface area contributed by atoms with Crippen LogP contribution in [0.25, 0.3) is 0 Å². The number of nitrogens with zero attached hydrogens (tertiary/aromatic N) is 3. The van der Waals surface area contributed by atoms with Crippen LogP contribution < -0.4 is 10.2 Å². The van der Waals surface area contributed by atoms with Gasteiger partial charge in [0.1, 0.15) is 0 Å². The summed E-state index contributed by atoms with van der Waals surface area (Å²) in [6.45, 7) is 5.13. The lowest BCUT2D eigenvalue weighted by Crippen LogP contribution is -2.18. The zero-order valence-electron chi connectivity index (χ0n) is 13.0. The summed E-state index contributed by atoms with van der Waals surface area (Å²) in [5, 5.41) is 7.82. The van der Waals surface area contributed by atoms with Gasteiger partial charge in [0.25, 0.3) is 0 Å². The second-order valence-corrected chi connectivity index (χ2v) is 5.47. The van der Waals surface area contributed by atoms with Gasteiger partial charge in [0, 0.05) is 50.7 Å². The van der Waals surface area contributed by atoms with Crippen LogP contribution in [0.15, 0.2) is 30.5 Å². The number of rotatable bonds is 5. The second kappa shape index (κ2) is 6.09. The molecule has 0 radical (unpaired) electrons. The molecule has 0 aliphatic heterocycles. The van der Waals surface area contributed by atoms with Gasteiger partial charge >= 0.3 is 0 Å². The third kappa shape index (κ3) is 3.20. The van der Waals surface area contributed by atoms with Crippen molar-refractivity contribution in [1.29, 1.82) is 0 Å². The minimum absolute atomic E-state index is 0.325. The Bertz CT molecular complexity index is 554. The normalized spacial score (nSPS) is 12.4. The van der Waals surface area contributed by atoms with Gasteiger partial charge in [-0.1, -0.05) is 12.1 Å². The van der Waals surface area contributed by atoms with Crippen molar-refractivity contribution in [3.63, 3.8) is 0 Å². The summed E-state index contributed by atoms with van der Waals surface area (Å²) in [7, 11) is 6.09. The van der Waals surface area contributed by atoms with E-state index in [1.54, 1.807) is 0 Å². The molecule has 2 rings (SSSR count). The molecule has 0 saturated carbocycles. The van der Waals surface area contributed by atoms with Crippen molar-refractivity contribution in [2.45, 2.75) is 26.4 Å². The SMILES string of the molecule is Cc1c(CNC(C)c2ccc(N(C)C)cc2)cnn1C. The van der Waals surface area contributed by atoms with Crippen LogP contribution >= 0.6 is 0 Å². The molecule has 4 heteroatoms. The zero-order valence-corrected chi connectivity index (χ0v) is 13.0. The van der Waals surface area contributed by atoms with Crippen LogP contribution in [-0.2, 0) is 13.6 Å². The number of anilines is 1. The summed E-state index contributed by atoms with van der Waals surface area (Å²) in [5.74, 6) is 0. The van der Waals surface area contributed by atoms with Crippen LogP contribution in [-0.4, -0.2) is 23.9 Å². The van der Waals surface area contributed by atoms with Crippen LogP contribution in [0.2, 0.25) is 0 Å². The maximum absolute atomic E-state index is 4.27. The van der Waals surface area contributed by atoms with Gasteiger partial charge in [-0.3, -0.25) is 4.68 Å². The van der Waals surface area contributed by atoms with Crippen molar-refractivity contribution in [3.8, 4) is 0 Å². The molecule has 1 unspecified atom stereocenters. The van der Waals surface area contributed by atoms with Crippen LogP contribution in [0.1, 0.15) is 29.8 Å². The van der Waals surface area contributed by atoms with Gasteiger partial charge in [-0.2, -0.15) is 5.10 Å². The minimum Gasteiger partial charge on any atom is -0.378 e. The Balaban J connectivity index is 1.98. The first-order valence-corrected chi connectivity index (χ1v) is 6.97. The molecule has 1 aromatic heterocycles. The lowest BCUT2D eigenvalue weighted by molar-refractivity contribution is 0.572. The van der Waals surface area contributed by atoms with Crippen molar-refractivity contribution >= 4 is 5.69 Å². The molecular weight excluding hydrogens is 248 g/mol.